The highest BCUT2D eigenvalue weighted by Gasteiger charge is 2.14. The van der Waals surface area contributed by atoms with Crippen LogP contribution in [-0.4, -0.2) is 9.97 Å². The number of rotatable bonds is 4. The summed E-state index contributed by atoms with van der Waals surface area (Å²) in [5.74, 6) is 1.25. The second-order valence-electron chi connectivity index (χ2n) is 7.51. The molecule has 3 aromatic carbocycles. The lowest BCUT2D eigenvalue weighted by Crippen LogP contribution is -1.92. The number of hydrogen-bond acceptors (Lipinski definition) is 4. The Morgan fingerprint density at radius 2 is 1.38 bits per heavy atom. The van der Waals surface area contributed by atoms with E-state index in [4.69, 9.17) is 9.15 Å². The van der Waals surface area contributed by atoms with Gasteiger partial charge in [0.15, 0.2) is 0 Å². The van der Waals surface area contributed by atoms with Crippen LogP contribution in [0.15, 0.2) is 114 Å². The van der Waals surface area contributed by atoms with Crippen LogP contribution in [0.5, 0.6) is 11.6 Å². The van der Waals surface area contributed by atoms with Crippen molar-refractivity contribution in [2.75, 3.05) is 0 Å². The predicted molar refractivity (Wildman–Crippen MR) is 127 cm³/mol. The molecule has 0 aliphatic carbocycles. The van der Waals surface area contributed by atoms with Crippen molar-refractivity contribution in [3.05, 3.63) is 109 Å². The lowest BCUT2D eigenvalue weighted by molar-refractivity contribution is 0.465. The Hall–Kier alpha value is -4.44. The topological polar surface area (TPSA) is 48.2 Å². The molecular weight excluding hydrogens is 396 g/mol. The Morgan fingerprint density at radius 1 is 0.594 bits per heavy atom. The zero-order chi connectivity index (χ0) is 21.3. The average molecular weight is 414 g/mol. The second kappa shape index (κ2) is 7.67. The van der Waals surface area contributed by atoms with Gasteiger partial charge in [0, 0.05) is 40.4 Å². The molecule has 0 amide bonds. The maximum atomic E-state index is 6.23. The van der Waals surface area contributed by atoms with Gasteiger partial charge in [0.1, 0.15) is 16.9 Å². The quantitative estimate of drug-likeness (QED) is 0.300. The monoisotopic (exact) mass is 414 g/mol. The largest absolute Gasteiger partial charge is 0.456 e. The Bertz CT molecular complexity index is 1540. The predicted octanol–water partition coefficient (Wildman–Crippen LogP) is 7.50. The minimum atomic E-state index is 0.539. The zero-order valence-electron chi connectivity index (χ0n) is 17.1. The molecule has 0 spiro atoms. The molecule has 4 heteroatoms. The molecule has 0 radical (unpaired) electrons. The molecule has 6 aromatic rings. The van der Waals surface area contributed by atoms with Crippen molar-refractivity contribution in [1.82, 2.24) is 9.97 Å². The summed E-state index contributed by atoms with van der Waals surface area (Å²) < 4.78 is 12.3. The van der Waals surface area contributed by atoms with Crippen LogP contribution in [0, 0.1) is 0 Å². The average Bonchev–Trinajstić information content (AvgIpc) is 3.23. The highest BCUT2D eigenvalue weighted by atomic mass is 16.5. The first-order valence-electron chi connectivity index (χ1n) is 10.4. The van der Waals surface area contributed by atoms with Crippen LogP contribution in [-0.2, 0) is 0 Å². The van der Waals surface area contributed by atoms with Crippen molar-refractivity contribution in [1.29, 1.82) is 0 Å². The number of ether oxygens (including phenoxy) is 1. The van der Waals surface area contributed by atoms with E-state index in [1.165, 1.54) is 0 Å². The van der Waals surface area contributed by atoms with Crippen LogP contribution in [0.1, 0.15) is 0 Å². The molecular formula is C28H18N2O2. The van der Waals surface area contributed by atoms with Crippen molar-refractivity contribution in [2.45, 2.75) is 0 Å². The van der Waals surface area contributed by atoms with Gasteiger partial charge in [-0.2, -0.15) is 0 Å². The summed E-state index contributed by atoms with van der Waals surface area (Å²) >= 11 is 0. The number of furan rings is 1. The maximum Gasteiger partial charge on any atom is 0.219 e. The summed E-state index contributed by atoms with van der Waals surface area (Å²) in [5.41, 5.74) is 5.56. The number of hydrogen-bond donors (Lipinski definition) is 0. The molecule has 0 atom stereocenters. The van der Waals surface area contributed by atoms with E-state index in [0.29, 0.717) is 11.6 Å². The van der Waals surface area contributed by atoms with Crippen molar-refractivity contribution >= 4 is 21.9 Å². The molecule has 4 nitrogen and oxygen atoms in total. The van der Waals surface area contributed by atoms with Crippen LogP contribution in [0.25, 0.3) is 44.3 Å². The molecule has 3 aromatic heterocycles. The molecule has 0 aliphatic heterocycles. The Kier molecular flexibility index (Phi) is 4.40. The fourth-order valence-electron chi connectivity index (χ4n) is 3.95. The fraction of sp³-hybridized carbons (Fsp3) is 0. The number of para-hydroxylation sites is 1. The highest BCUT2D eigenvalue weighted by molar-refractivity contribution is 6.06. The van der Waals surface area contributed by atoms with Gasteiger partial charge in [-0.3, -0.25) is 4.98 Å². The van der Waals surface area contributed by atoms with E-state index in [-0.39, 0.29) is 0 Å². The SMILES string of the molecule is c1ccc(Oc2cc(-c3ccccn3)ccc2-c2ccc3c(c2)oc2ccccc23)nc1. The molecule has 0 bridgehead atoms. The van der Waals surface area contributed by atoms with Crippen molar-refractivity contribution < 1.29 is 9.15 Å². The summed E-state index contributed by atoms with van der Waals surface area (Å²) in [4.78, 5) is 8.81. The van der Waals surface area contributed by atoms with Crippen LogP contribution in [0.3, 0.4) is 0 Å². The number of aromatic nitrogens is 2. The third kappa shape index (κ3) is 3.28. The molecule has 0 N–H and O–H groups in total. The Labute approximate surface area is 184 Å². The molecule has 0 unspecified atom stereocenters. The van der Waals surface area contributed by atoms with Crippen molar-refractivity contribution in [3.63, 3.8) is 0 Å². The van der Waals surface area contributed by atoms with Crippen molar-refractivity contribution in [2.24, 2.45) is 0 Å². The Balaban J connectivity index is 1.50. The lowest BCUT2D eigenvalue weighted by Gasteiger charge is -2.13. The highest BCUT2D eigenvalue weighted by Crippen LogP contribution is 2.38. The van der Waals surface area contributed by atoms with Crippen molar-refractivity contribution in [3.8, 4) is 34.0 Å². The summed E-state index contributed by atoms with van der Waals surface area (Å²) in [6.07, 6.45) is 3.51. The molecule has 0 saturated carbocycles. The number of pyridine rings is 2. The third-order valence-corrected chi connectivity index (χ3v) is 5.48. The molecule has 32 heavy (non-hydrogen) atoms. The van der Waals surface area contributed by atoms with Gasteiger partial charge in [0.2, 0.25) is 5.88 Å². The first-order chi connectivity index (χ1) is 15.8. The van der Waals surface area contributed by atoms with E-state index in [1.54, 1.807) is 12.4 Å². The second-order valence-corrected chi connectivity index (χ2v) is 7.51. The standard InChI is InChI=1S/C28H18N2O2/c1-2-9-25-22(7-1)23-14-11-19(17-27(23)31-25)21-13-12-20(24-8-3-5-15-29-24)18-26(21)32-28-10-4-6-16-30-28/h1-18H. The van der Waals surface area contributed by atoms with Gasteiger partial charge in [-0.1, -0.05) is 42.5 Å². The van der Waals surface area contributed by atoms with E-state index in [0.717, 1.165) is 44.3 Å². The van der Waals surface area contributed by atoms with Crippen LogP contribution in [0.4, 0.5) is 0 Å². The van der Waals surface area contributed by atoms with Gasteiger partial charge in [0.25, 0.3) is 0 Å². The van der Waals surface area contributed by atoms with E-state index in [1.807, 2.05) is 60.7 Å². The molecule has 0 fully saturated rings. The number of benzene rings is 3. The normalized spacial score (nSPS) is 11.1. The van der Waals surface area contributed by atoms with Crippen LogP contribution < -0.4 is 4.74 Å². The van der Waals surface area contributed by atoms with E-state index < -0.39 is 0 Å². The van der Waals surface area contributed by atoms with Gasteiger partial charge in [-0.05, 0) is 54.1 Å². The summed E-state index contributed by atoms with van der Waals surface area (Å²) in [6.45, 7) is 0. The van der Waals surface area contributed by atoms with Crippen LogP contribution >= 0.6 is 0 Å². The molecule has 0 aliphatic rings. The minimum absolute atomic E-state index is 0.539. The molecule has 6 rings (SSSR count). The molecule has 0 saturated heterocycles. The van der Waals surface area contributed by atoms with E-state index in [2.05, 4.69) is 46.4 Å². The van der Waals surface area contributed by atoms with Gasteiger partial charge >= 0.3 is 0 Å². The van der Waals surface area contributed by atoms with E-state index >= 15 is 0 Å². The number of fused-ring (bicyclic) bond motifs is 3. The molecule has 3 heterocycles. The summed E-state index contributed by atoms with van der Waals surface area (Å²) in [5, 5.41) is 2.21. The summed E-state index contributed by atoms with van der Waals surface area (Å²) in [6, 6.07) is 32.0. The van der Waals surface area contributed by atoms with Gasteiger partial charge in [-0.25, -0.2) is 4.98 Å². The number of nitrogens with zero attached hydrogens (tertiary/aromatic N) is 2. The molecule has 152 valence electrons. The fourth-order valence-corrected chi connectivity index (χ4v) is 3.95. The zero-order valence-corrected chi connectivity index (χ0v) is 17.1. The minimum Gasteiger partial charge on any atom is -0.456 e. The maximum absolute atomic E-state index is 6.23. The van der Waals surface area contributed by atoms with Gasteiger partial charge in [0.05, 0.1) is 5.69 Å². The van der Waals surface area contributed by atoms with Gasteiger partial charge < -0.3 is 9.15 Å². The smallest absolute Gasteiger partial charge is 0.219 e. The van der Waals surface area contributed by atoms with Gasteiger partial charge in [-0.15, -0.1) is 0 Å². The lowest BCUT2D eigenvalue weighted by atomic mass is 10.00. The third-order valence-electron chi connectivity index (χ3n) is 5.48. The first kappa shape index (κ1) is 18.3. The summed E-state index contributed by atoms with van der Waals surface area (Å²) in [7, 11) is 0. The van der Waals surface area contributed by atoms with E-state index in [9.17, 15) is 0 Å². The Morgan fingerprint density at radius 3 is 2.22 bits per heavy atom. The first-order valence-corrected chi connectivity index (χ1v) is 10.4. The van der Waals surface area contributed by atoms with Crippen LogP contribution in [0.2, 0.25) is 0 Å².